The van der Waals surface area contributed by atoms with Gasteiger partial charge < -0.3 is 10.6 Å². The van der Waals surface area contributed by atoms with Crippen molar-refractivity contribution in [3.8, 4) is 0 Å². The van der Waals surface area contributed by atoms with Crippen LogP contribution in [0.5, 0.6) is 0 Å². The molecule has 0 radical (unpaired) electrons. The van der Waals surface area contributed by atoms with Crippen LogP contribution in [-0.4, -0.2) is 24.0 Å². The summed E-state index contributed by atoms with van der Waals surface area (Å²) in [5, 5.41) is 0. The van der Waals surface area contributed by atoms with Crippen molar-refractivity contribution in [2.75, 3.05) is 23.7 Å². The summed E-state index contributed by atoms with van der Waals surface area (Å²) < 4.78 is 26.5. The third kappa shape index (κ3) is 1.86. The molecule has 1 fully saturated rings. The van der Waals surface area contributed by atoms with Crippen LogP contribution < -0.4 is 10.6 Å². The van der Waals surface area contributed by atoms with E-state index >= 15 is 0 Å². The van der Waals surface area contributed by atoms with Crippen LogP contribution in [0.1, 0.15) is 6.92 Å². The summed E-state index contributed by atoms with van der Waals surface area (Å²) in [5.41, 5.74) is 5.50. The fourth-order valence-electron chi connectivity index (χ4n) is 1.73. The molecule has 2 rings (SSSR count). The highest BCUT2D eigenvalue weighted by Gasteiger charge is 2.45. The second-order valence-electron chi connectivity index (χ2n) is 3.96. The van der Waals surface area contributed by atoms with Crippen molar-refractivity contribution >= 4 is 11.6 Å². The molecule has 0 saturated carbocycles. The Morgan fingerprint density at radius 2 is 2.27 bits per heavy atom. The van der Waals surface area contributed by atoms with Crippen LogP contribution in [0.25, 0.3) is 0 Å². The first-order chi connectivity index (χ1) is 6.99. The Balaban J connectivity index is 2.21. The average molecular weight is 213 g/mol. The quantitative estimate of drug-likeness (QED) is 0.772. The Kier molecular flexibility index (Phi) is 2.25. The van der Waals surface area contributed by atoms with E-state index in [9.17, 15) is 8.78 Å². The second-order valence-corrected chi connectivity index (χ2v) is 3.96. The highest BCUT2D eigenvalue weighted by atomic mass is 19.3. The largest absolute Gasteiger partial charge is 0.384 e. The molecular weight excluding hydrogens is 200 g/mol. The predicted molar refractivity (Wildman–Crippen MR) is 55.0 cm³/mol. The molecule has 0 spiro atoms. The first-order valence-corrected chi connectivity index (χ1v) is 4.84. The number of hydrogen-bond donors (Lipinski definition) is 1. The van der Waals surface area contributed by atoms with Gasteiger partial charge in [-0.05, 0) is 12.1 Å². The van der Waals surface area contributed by atoms with Crippen molar-refractivity contribution in [2.45, 2.75) is 12.8 Å². The molecule has 3 nitrogen and oxygen atoms in total. The molecule has 2 heterocycles. The SMILES string of the molecule is CC1CN(c2cccc(N)n2)CC1(F)F. The van der Waals surface area contributed by atoms with Crippen LogP contribution in [0, 0.1) is 5.92 Å². The van der Waals surface area contributed by atoms with Gasteiger partial charge in [0.1, 0.15) is 11.6 Å². The van der Waals surface area contributed by atoms with E-state index in [1.54, 1.807) is 30.0 Å². The standard InChI is InChI=1S/C10H13F2N3/c1-7-5-15(6-10(7,11)12)9-4-2-3-8(13)14-9/h2-4,7H,5-6H2,1H3,(H2,13,14). The number of aromatic nitrogens is 1. The number of pyridine rings is 1. The van der Waals surface area contributed by atoms with Crippen molar-refractivity contribution < 1.29 is 8.78 Å². The van der Waals surface area contributed by atoms with Gasteiger partial charge in [-0.25, -0.2) is 13.8 Å². The molecule has 0 amide bonds. The lowest BCUT2D eigenvalue weighted by Crippen LogP contribution is -2.27. The smallest absolute Gasteiger partial charge is 0.269 e. The van der Waals surface area contributed by atoms with E-state index in [0.717, 1.165) is 0 Å². The molecule has 1 saturated heterocycles. The fraction of sp³-hybridized carbons (Fsp3) is 0.500. The van der Waals surface area contributed by atoms with Crippen LogP contribution >= 0.6 is 0 Å². The normalized spacial score (nSPS) is 24.5. The average Bonchev–Trinajstić information content (AvgIpc) is 2.42. The van der Waals surface area contributed by atoms with E-state index in [2.05, 4.69) is 4.98 Å². The number of rotatable bonds is 1. The zero-order valence-electron chi connectivity index (χ0n) is 8.45. The number of hydrogen-bond acceptors (Lipinski definition) is 3. The van der Waals surface area contributed by atoms with E-state index in [-0.39, 0.29) is 6.54 Å². The van der Waals surface area contributed by atoms with Gasteiger partial charge >= 0.3 is 0 Å². The van der Waals surface area contributed by atoms with Gasteiger partial charge in [-0.3, -0.25) is 0 Å². The fourth-order valence-corrected chi connectivity index (χ4v) is 1.73. The summed E-state index contributed by atoms with van der Waals surface area (Å²) in [6.45, 7) is 1.60. The second kappa shape index (κ2) is 3.32. The number of alkyl halides is 2. The lowest BCUT2D eigenvalue weighted by Gasteiger charge is -2.16. The van der Waals surface area contributed by atoms with Crippen molar-refractivity contribution in [1.82, 2.24) is 4.98 Å². The molecule has 1 unspecified atom stereocenters. The van der Waals surface area contributed by atoms with Crippen LogP contribution in [0.15, 0.2) is 18.2 Å². The molecule has 1 aromatic rings. The van der Waals surface area contributed by atoms with Gasteiger partial charge in [-0.2, -0.15) is 0 Å². The van der Waals surface area contributed by atoms with Crippen LogP contribution in [0.4, 0.5) is 20.4 Å². The van der Waals surface area contributed by atoms with E-state index < -0.39 is 11.8 Å². The van der Waals surface area contributed by atoms with Crippen molar-refractivity contribution in [3.63, 3.8) is 0 Å². The maximum atomic E-state index is 13.3. The Bertz CT molecular complexity index is 367. The number of nitrogens with zero attached hydrogens (tertiary/aromatic N) is 2. The summed E-state index contributed by atoms with van der Waals surface area (Å²) >= 11 is 0. The Labute approximate surface area is 86.9 Å². The summed E-state index contributed by atoms with van der Waals surface area (Å²) in [6, 6.07) is 5.06. The minimum Gasteiger partial charge on any atom is -0.384 e. The maximum Gasteiger partial charge on any atom is 0.269 e. The number of halogens is 2. The lowest BCUT2D eigenvalue weighted by molar-refractivity contribution is -0.0137. The molecule has 0 bridgehead atoms. The molecule has 1 aromatic heterocycles. The molecule has 15 heavy (non-hydrogen) atoms. The molecule has 5 heteroatoms. The summed E-state index contributed by atoms with van der Waals surface area (Å²) in [7, 11) is 0. The van der Waals surface area contributed by atoms with Crippen LogP contribution in [0.2, 0.25) is 0 Å². The van der Waals surface area contributed by atoms with Crippen molar-refractivity contribution in [2.24, 2.45) is 5.92 Å². The van der Waals surface area contributed by atoms with Gasteiger partial charge in [0.25, 0.3) is 5.92 Å². The molecule has 82 valence electrons. The summed E-state index contributed by atoms with van der Waals surface area (Å²) in [5.74, 6) is -2.39. The van der Waals surface area contributed by atoms with Gasteiger partial charge in [0.05, 0.1) is 6.54 Å². The summed E-state index contributed by atoms with van der Waals surface area (Å²) in [6.07, 6.45) is 0. The highest BCUT2D eigenvalue weighted by Crippen LogP contribution is 2.34. The predicted octanol–water partition coefficient (Wildman–Crippen LogP) is 1.76. The highest BCUT2D eigenvalue weighted by molar-refractivity contribution is 5.46. The van der Waals surface area contributed by atoms with Gasteiger partial charge in [-0.1, -0.05) is 13.0 Å². The Morgan fingerprint density at radius 3 is 2.80 bits per heavy atom. The number of nitrogens with two attached hydrogens (primary N) is 1. The third-order valence-electron chi connectivity index (χ3n) is 2.70. The molecule has 2 N–H and O–H groups in total. The lowest BCUT2D eigenvalue weighted by atomic mass is 10.1. The van der Waals surface area contributed by atoms with Gasteiger partial charge in [-0.15, -0.1) is 0 Å². The summed E-state index contributed by atoms with van der Waals surface area (Å²) in [4.78, 5) is 5.60. The minimum absolute atomic E-state index is 0.273. The van der Waals surface area contributed by atoms with E-state index in [1.807, 2.05) is 0 Å². The van der Waals surface area contributed by atoms with Crippen molar-refractivity contribution in [1.29, 1.82) is 0 Å². The molecular formula is C10H13F2N3. The topological polar surface area (TPSA) is 42.1 Å². The molecule has 0 aromatic carbocycles. The Morgan fingerprint density at radius 1 is 1.53 bits per heavy atom. The molecule has 1 atom stereocenters. The number of nitrogen functional groups attached to an aromatic ring is 1. The zero-order valence-corrected chi connectivity index (χ0v) is 8.45. The Hall–Kier alpha value is -1.39. The molecule has 0 aliphatic carbocycles. The minimum atomic E-state index is -2.63. The van der Waals surface area contributed by atoms with E-state index in [1.165, 1.54) is 0 Å². The monoisotopic (exact) mass is 213 g/mol. The third-order valence-corrected chi connectivity index (χ3v) is 2.70. The van der Waals surface area contributed by atoms with Crippen LogP contribution in [-0.2, 0) is 0 Å². The maximum absolute atomic E-state index is 13.3. The zero-order chi connectivity index (χ0) is 11.1. The van der Waals surface area contributed by atoms with Gasteiger partial charge in [0.2, 0.25) is 0 Å². The van der Waals surface area contributed by atoms with Gasteiger partial charge in [0, 0.05) is 12.5 Å². The van der Waals surface area contributed by atoms with Crippen molar-refractivity contribution in [3.05, 3.63) is 18.2 Å². The molecule has 1 aliphatic rings. The van der Waals surface area contributed by atoms with Gasteiger partial charge in [0.15, 0.2) is 0 Å². The van der Waals surface area contributed by atoms with E-state index in [4.69, 9.17) is 5.73 Å². The molecule has 1 aliphatic heterocycles. The first kappa shape index (κ1) is 10.1. The van der Waals surface area contributed by atoms with Crippen LogP contribution in [0.3, 0.4) is 0 Å². The first-order valence-electron chi connectivity index (χ1n) is 4.84. The number of anilines is 2. The van der Waals surface area contributed by atoms with E-state index in [0.29, 0.717) is 18.2 Å².